The summed E-state index contributed by atoms with van der Waals surface area (Å²) in [5.74, 6) is -0.656. The largest absolute Gasteiger partial charge is 0.381 e. The van der Waals surface area contributed by atoms with Crippen molar-refractivity contribution in [3.63, 3.8) is 0 Å². The molecule has 0 saturated heterocycles. The van der Waals surface area contributed by atoms with Gasteiger partial charge in [-0.2, -0.15) is 0 Å². The molecule has 1 N–H and O–H groups in total. The first kappa shape index (κ1) is 20.6. The number of imide groups is 1. The number of amides is 3. The molecule has 1 aromatic carbocycles. The summed E-state index contributed by atoms with van der Waals surface area (Å²) in [6.07, 6.45) is 3.68. The Labute approximate surface area is 162 Å². The van der Waals surface area contributed by atoms with Crippen LogP contribution in [0.2, 0.25) is 0 Å². The Morgan fingerprint density at radius 1 is 1.12 bits per heavy atom. The number of carbonyl (C=O) groups is 3. The number of nitrogens with zero attached hydrogens (tertiary/aromatic N) is 1. The number of nitrogens with one attached hydrogen (secondary N) is 1. The minimum atomic E-state index is -0.295. The maximum atomic E-state index is 12.3. The van der Waals surface area contributed by atoms with Crippen molar-refractivity contribution in [1.29, 1.82) is 0 Å². The summed E-state index contributed by atoms with van der Waals surface area (Å²) in [4.78, 5) is 37.7. The summed E-state index contributed by atoms with van der Waals surface area (Å²) in [6, 6.07) is 5.05. The van der Waals surface area contributed by atoms with Crippen LogP contribution in [0.25, 0.3) is 0 Å². The number of halogens is 1. The zero-order chi connectivity index (χ0) is 18.9. The third-order valence-corrected chi connectivity index (χ3v) is 4.64. The normalized spacial score (nSPS) is 13.2. The number of fused-ring (bicyclic) bond motifs is 1. The molecule has 2 rings (SSSR count). The van der Waals surface area contributed by atoms with Crippen molar-refractivity contribution in [2.45, 2.75) is 39.0 Å². The maximum Gasteiger partial charge on any atom is 0.261 e. The molecule has 0 saturated carbocycles. The molecule has 0 unspecified atom stereocenters. The average Bonchev–Trinajstić information content (AvgIpc) is 2.85. The molecule has 1 aliphatic heterocycles. The summed E-state index contributed by atoms with van der Waals surface area (Å²) in [5.41, 5.74) is 0.836. The van der Waals surface area contributed by atoms with Crippen molar-refractivity contribution in [3.8, 4) is 0 Å². The molecule has 1 heterocycles. The van der Waals surface area contributed by atoms with Crippen LogP contribution < -0.4 is 5.32 Å². The molecule has 0 atom stereocenters. The van der Waals surface area contributed by atoms with E-state index in [1.165, 1.54) is 4.90 Å². The van der Waals surface area contributed by atoms with Crippen molar-refractivity contribution in [3.05, 3.63) is 33.8 Å². The third kappa shape index (κ3) is 5.64. The molecule has 3 amide bonds. The van der Waals surface area contributed by atoms with E-state index < -0.39 is 0 Å². The lowest BCUT2D eigenvalue weighted by Gasteiger charge is -2.13. The molecule has 0 spiro atoms. The second-order valence-electron chi connectivity index (χ2n) is 6.22. The summed E-state index contributed by atoms with van der Waals surface area (Å²) in [5, 5.41) is 2.83. The fraction of sp³-hybridized carbons (Fsp3) is 0.526. The Hall–Kier alpha value is -1.73. The first-order valence-electron chi connectivity index (χ1n) is 9.04. The van der Waals surface area contributed by atoms with Crippen molar-refractivity contribution >= 4 is 33.7 Å². The van der Waals surface area contributed by atoms with Crippen LogP contribution in [0.15, 0.2) is 22.7 Å². The van der Waals surface area contributed by atoms with Crippen LogP contribution in [0, 0.1) is 0 Å². The predicted octanol–water partition coefficient (Wildman–Crippen LogP) is 3.15. The molecule has 7 heteroatoms. The molecular formula is C19H25BrN2O4. The van der Waals surface area contributed by atoms with Crippen molar-refractivity contribution in [2.75, 3.05) is 26.3 Å². The molecule has 6 nitrogen and oxygen atoms in total. The number of hydrogen-bond donors (Lipinski definition) is 1. The quantitative estimate of drug-likeness (QED) is 0.437. The molecule has 0 bridgehead atoms. The topological polar surface area (TPSA) is 75.7 Å². The first-order chi connectivity index (χ1) is 12.5. The van der Waals surface area contributed by atoms with E-state index in [1.54, 1.807) is 18.2 Å². The van der Waals surface area contributed by atoms with E-state index >= 15 is 0 Å². The summed E-state index contributed by atoms with van der Waals surface area (Å²) in [7, 11) is 0. The van der Waals surface area contributed by atoms with E-state index in [-0.39, 0.29) is 30.7 Å². The van der Waals surface area contributed by atoms with Gasteiger partial charge in [0.05, 0.1) is 11.1 Å². The molecule has 0 radical (unpaired) electrons. The Bertz CT molecular complexity index is 663. The van der Waals surface area contributed by atoms with Gasteiger partial charge in [-0.15, -0.1) is 0 Å². The van der Waals surface area contributed by atoms with E-state index in [2.05, 4.69) is 28.2 Å². The van der Waals surface area contributed by atoms with E-state index in [0.29, 0.717) is 30.7 Å². The molecule has 1 aliphatic rings. The van der Waals surface area contributed by atoms with Gasteiger partial charge in [0.25, 0.3) is 11.8 Å². The monoisotopic (exact) mass is 424 g/mol. The SMILES string of the molecule is CCCCOCCCNC(=O)CCCN1C(=O)c2ccc(Br)cc2C1=O. The van der Waals surface area contributed by atoms with Crippen LogP contribution in [-0.2, 0) is 9.53 Å². The van der Waals surface area contributed by atoms with Crippen LogP contribution in [0.3, 0.4) is 0 Å². The van der Waals surface area contributed by atoms with Crippen molar-refractivity contribution in [1.82, 2.24) is 10.2 Å². The molecule has 0 aromatic heterocycles. The van der Waals surface area contributed by atoms with E-state index in [4.69, 9.17) is 4.74 Å². The highest BCUT2D eigenvalue weighted by molar-refractivity contribution is 9.10. The molecule has 0 aliphatic carbocycles. The van der Waals surface area contributed by atoms with E-state index in [1.807, 2.05) is 0 Å². The van der Waals surface area contributed by atoms with Crippen molar-refractivity contribution < 1.29 is 19.1 Å². The first-order valence-corrected chi connectivity index (χ1v) is 9.84. The fourth-order valence-electron chi connectivity index (χ4n) is 2.70. The number of unbranched alkanes of at least 4 members (excludes halogenated alkanes) is 1. The van der Waals surface area contributed by atoms with Crippen molar-refractivity contribution in [2.24, 2.45) is 0 Å². The second kappa shape index (κ2) is 10.4. The highest BCUT2D eigenvalue weighted by atomic mass is 79.9. The highest BCUT2D eigenvalue weighted by Crippen LogP contribution is 2.26. The number of ether oxygens (including phenoxy) is 1. The fourth-order valence-corrected chi connectivity index (χ4v) is 3.06. The number of rotatable bonds is 11. The summed E-state index contributed by atoms with van der Waals surface area (Å²) < 4.78 is 6.19. The van der Waals surface area contributed by atoms with Crippen LogP contribution in [0.5, 0.6) is 0 Å². The van der Waals surface area contributed by atoms with E-state index in [9.17, 15) is 14.4 Å². The summed E-state index contributed by atoms with van der Waals surface area (Å²) >= 11 is 3.31. The van der Waals surface area contributed by atoms with Crippen LogP contribution in [0.4, 0.5) is 0 Å². The molecule has 26 heavy (non-hydrogen) atoms. The zero-order valence-corrected chi connectivity index (χ0v) is 16.6. The van der Waals surface area contributed by atoms with Gasteiger partial charge in [0.15, 0.2) is 0 Å². The second-order valence-corrected chi connectivity index (χ2v) is 7.14. The standard InChI is InChI=1S/C19H25BrN2O4/c1-2-3-11-26-12-5-9-21-17(23)6-4-10-22-18(24)15-8-7-14(20)13-16(15)19(22)25/h7-8,13H,2-6,9-12H2,1H3,(H,21,23). The Morgan fingerprint density at radius 2 is 1.85 bits per heavy atom. The third-order valence-electron chi connectivity index (χ3n) is 4.15. The molecular weight excluding hydrogens is 400 g/mol. The predicted molar refractivity (Wildman–Crippen MR) is 102 cm³/mol. The van der Waals surface area contributed by atoms with Gasteiger partial charge in [-0.25, -0.2) is 0 Å². The van der Waals surface area contributed by atoms with E-state index in [0.717, 1.165) is 30.3 Å². The van der Waals surface area contributed by atoms with Crippen LogP contribution in [-0.4, -0.2) is 48.9 Å². The lowest BCUT2D eigenvalue weighted by atomic mass is 10.1. The van der Waals surface area contributed by atoms with Gasteiger partial charge in [-0.1, -0.05) is 29.3 Å². The number of benzene rings is 1. The zero-order valence-electron chi connectivity index (χ0n) is 15.1. The smallest absolute Gasteiger partial charge is 0.261 e. The average molecular weight is 425 g/mol. The minimum absolute atomic E-state index is 0.0714. The molecule has 1 aromatic rings. The van der Waals surface area contributed by atoms with Gasteiger partial charge in [-0.3, -0.25) is 19.3 Å². The highest BCUT2D eigenvalue weighted by Gasteiger charge is 2.35. The molecule has 0 fully saturated rings. The minimum Gasteiger partial charge on any atom is -0.381 e. The lowest BCUT2D eigenvalue weighted by molar-refractivity contribution is -0.121. The Kier molecular flexibility index (Phi) is 8.25. The summed E-state index contributed by atoms with van der Waals surface area (Å²) in [6.45, 7) is 4.35. The van der Waals surface area contributed by atoms with Gasteiger partial charge >= 0.3 is 0 Å². The Balaban J connectivity index is 1.65. The number of carbonyl (C=O) groups excluding carboxylic acids is 3. The van der Waals surface area contributed by atoms with Crippen LogP contribution in [0.1, 0.15) is 59.7 Å². The van der Waals surface area contributed by atoms with Gasteiger partial charge in [0.1, 0.15) is 0 Å². The molecule has 142 valence electrons. The number of hydrogen-bond acceptors (Lipinski definition) is 4. The lowest BCUT2D eigenvalue weighted by Crippen LogP contribution is -2.32. The Morgan fingerprint density at radius 3 is 2.62 bits per heavy atom. The van der Waals surface area contributed by atoms with Gasteiger partial charge < -0.3 is 10.1 Å². The van der Waals surface area contributed by atoms with Gasteiger partial charge in [0, 0.05) is 37.2 Å². The van der Waals surface area contributed by atoms with Gasteiger partial charge in [-0.05, 0) is 37.5 Å². The van der Waals surface area contributed by atoms with Crippen LogP contribution >= 0.6 is 15.9 Å². The van der Waals surface area contributed by atoms with Gasteiger partial charge in [0.2, 0.25) is 5.91 Å². The maximum absolute atomic E-state index is 12.3.